The van der Waals surface area contributed by atoms with E-state index in [1.807, 2.05) is 61.5 Å². The molecule has 3 rings (SSSR count). The lowest BCUT2D eigenvalue weighted by atomic mass is 9.69. The maximum atomic E-state index is 12.9. The van der Waals surface area contributed by atoms with Crippen LogP contribution in [0.4, 0.5) is 0 Å². The van der Waals surface area contributed by atoms with Gasteiger partial charge < -0.3 is 4.79 Å². The lowest BCUT2D eigenvalue weighted by Crippen LogP contribution is -2.31. The van der Waals surface area contributed by atoms with Gasteiger partial charge in [-0.05, 0) is 24.0 Å². The molecule has 0 bridgehead atoms. The van der Waals surface area contributed by atoms with Crippen LogP contribution in [0.5, 0.6) is 0 Å². The Morgan fingerprint density at radius 2 is 1.73 bits per heavy atom. The van der Waals surface area contributed by atoms with Crippen molar-refractivity contribution in [2.24, 2.45) is 11.8 Å². The third kappa shape index (κ3) is 2.61. The second-order valence-corrected chi connectivity index (χ2v) is 6.10. The fraction of sp³-hybridized carbons (Fsp3) is 0.300. The molecule has 1 aliphatic rings. The van der Waals surface area contributed by atoms with Crippen molar-refractivity contribution in [3.8, 4) is 0 Å². The number of rotatable bonds is 4. The molecule has 2 aromatic rings. The predicted octanol–water partition coefficient (Wildman–Crippen LogP) is 4.05. The second kappa shape index (κ2) is 6.27. The molecule has 0 amide bonds. The molecule has 0 radical (unpaired) electrons. The van der Waals surface area contributed by atoms with Gasteiger partial charge in [-0.2, -0.15) is 0 Å². The molecule has 0 N–H and O–H groups in total. The summed E-state index contributed by atoms with van der Waals surface area (Å²) in [6.45, 7) is 1.92. The number of aldehydes is 1. The van der Waals surface area contributed by atoms with Gasteiger partial charge in [0.15, 0.2) is 5.78 Å². The molecule has 0 saturated carbocycles. The molecule has 2 nitrogen and oxygen atoms in total. The standard InChI is InChI=1S/C20H20O2/c1-14(13-21)19(16-8-3-2-4-9-16)18-12-11-15-7-5-6-10-17(15)20(18)22/h2-10,13-14,18-19H,11-12H2,1H3. The molecule has 112 valence electrons. The number of carbonyl (C=O) groups excluding carboxylic acids is 2. The minimum absolute atomic E-state index is 0.0421. The zero-order valence-electron chi connectivity index (χ0n) is 12.7. The Balaban J connectivity index is 2.00. The van der Waals surface area contributed by atoms with Gasteiger partial charge in [-0.25, -0.2) is 0 Å². The van der Waals surface area contributed by atoms with E-state index in [0.717, 1.165) is 35.8 Å². The summed E-state index contributed by atoms with van der Waals surface area (Å²) in [5.41, 5.74) is 3.05. The van der Waals surface area contributed by atoms with Crippen LogP contribution in [0.25, 0.3) is 0 Å². The highest BCUT2D eigenvalue weighted by atomic mass is 16.1. The molecule has 0 spiro atoms. The molecule has 3 unspecified atom stereocenters. The molecule has 2 heteroatoms. The Bertz CT molecular complexity index is 675. The van der Waals surface area contributed by atoms with Crippen LogP contribution in [-0.2, 0) is 11.2 Å². The van der Waals surface area contributed by atoms with Gasteiger partial charge in [-0.1, -0.05) is 61.5 Å². The second-order valence-electron chi connectivity index (χ2n) is 6.10. The van der Waals surface area contributed by atoms with Crippen molar-refractivity contribution >= 4 is 12.1 Å². The van der Waals surface area contributed by atoms with Gasteiger partial charge in [0, 0.05) is 23.3 Å². The number of carbonyl (C=O) groups is 2. The number of benzene rings is 2. The fourth-order valence-electron chi connectivity index (χ4n) is 3.63. The van der Waals surface area contributed by atoms with E-state index in [1.165, 1.54) is 0 Å². The Morgan fingerprint density at radius 3 is 2.45 bits per heavy atom. The van der Waals surface area contributed by atoms with Crippen LogP contribution in [-0.4, -0.2) is 12.1 Å². The average Bonchev–Trinajstić information content (AvgIpc) is 2.58. The van der Waals surface area contributed by atoms with Crippen LogP contribution in [0.15, 0.2) is 54.6 Å². The van der Waals surface area contributed by atoms with Gasteiger partial charge in [0.25, 0.3) is 0 Å². The van der Waals surface area contributed by atoms with Crippen LogP contribution in [0, 0.1) is 11.8 Å². The molecule has 0 aromatic heterocycles. The minimum Gasteiger partial charge on any atom is -0.303 e. The van der Waals surface area contributed by atoms with Crippen molar-refractivity contribution < 1.29 is 9.59 Å². The third-order valence-electron chi connectivity index (χ3n) is 4.74. The van der Waals surface area contributed by atoms with E-state index in [0.29, 0.717) is 0 Å². The highest BCUT2D eigenvalue weighted by Crippen LogP contribution is 2.39. The predicted molar refractivity (Wildman–Crippen MR) is 87.0 cm³/mol. The summed E-state index contributed by atoms with van der Waals surface area (Å²) < 4.78 is 0. The van der Waals surface area contributed by atoms with Crippen LogP contribution in [0.3, 0.4) is 0 Å². The van der Waals surface area contributed by atoms with Crippen LogP contribution in [0.1, 0.15) is 40.7 Å². The van der Waals surface area contributed by atoms with Gasteiger partial charge in [-0.15, -0.1) is 0 Å². The lowest BCUT2D eigenvalue weighted by molar-refractivity contribution is -0.111. The quantitative estimate of drug-likeness (QED) is 0.797. The third-order valence-corrected chi connectivity index (χ3v) is 4.74. The number of Topliss-reactive ketones (excluding diaryl/α,β-unsaturated/α-hetero) is 1. The molecule has 2 aromatic carbocycles. The molecule has 22 heavy (non-hydrogen) atoms. The first kappa shape index (κ1) is 14.7. The Morgan fingerprint density at radius 1 is 1.05 bits per heavy atom. The average molecular weight is 292 g/mol. The van der Waals surface area contributed by atoms with Crippen molar-refractivity contribution in [1.82, 2.24) is 0 Å². The van der Waals surface area contributed by atoms with Crippen molar-refractivity contribution in [1.29, 1.82) is 0 Å². The normalized spacial score (nSPS) is 20.0. The SMILES string of the molecule is CC(C=O)C(c1ccccc1)C1CCc2ccccc2C1=O. The fourth-order valence-corrected chi connectivity index (χ4v) is 3.63. The summed E-state index contributed by atoms with van der Waals surface area (Å²) >= 11 is 0. The van der Waals surface area contributed by atoms with Crippen molar-refractivity contribution in [2.45, 2.75) is 25.7 Å². The monoisotopic (exact) mass is 292 g/mol. The maximum Gasteiger partial charge on any atom is 0.166 e. The first-order valence-corrected chi connectivity index (χ1v) is 7.84. The molecular weight excluding hydrogens is 272 g/mol. The molecule has 1 aliphatic carbocycles. The lowest BCUT2D eigenvalue weighted by Gasteiger charge is -2.32. The number of ketones is 1. The molecule has 3 atom stereocenters. The molecular formula is C20H20O2. The topological polar surface area (TPSA) is 34.1 Å². The van der Waals surface area contributed by atoms with Gasteiger partial charge in [-0.3, -0.25) is 4.79 Å². The largest absolute Gasteiger partial charge is 0.303 e. The van der Waals surface area contributed by atoms with Crippen LogP contribution < -0.4 is 0 Å². The number of hydrogen-bond acceptors (Lipinski definition) is 2. The van der Waals surface area contributed by atoms with Gasteiger partial charge in [0.2, 0.25) is 0 Å². The molecule has 0 fully saturated rings. The van der Waals surface area contributed by atoms with E-state index in [2.05, 4.69) is 0 Å². The summed E-state index contributed by atoms with van der Waals surface area (Å²) in [5.74, 6) is -0.136. The van der Waals surface area contributed by atoms with Crippen LogP contribution >= 0.6 is 0 Å². The maximum absolute atomic E-state index is 12.9. The highest BCUT2D eigenvalue weighted by Gasteiger charge is 2.36. The summed E-state index contributed by atoms with van der Waals surface area (Å²) in [7, 11) is 0. The van der Waals surface area contributed by atoms with Crippen LogP contribution in [0.2, 0.25) is 0 Å². The summed E-state index contributed by atoms with van der Waals surface area (Å²) in [5, 5.41) is 0. The number of fused-ring (bicyclic) bond motifs is 1. The Labute approximate surface area is 131 Å². The first-order valence-electron chi connectivity index (χ1n) is 7.84. The van der Waals surface area contributed by atoms with E-state index >= 15 is 0 Å². The Hall–Kier alpha value is -2.22. The first-order chi connectivity index (χ1) is 10.7. The minimum atomic E-state index is -0.165. The van der Waals surface area contributed by atoms with E-state index in [4.69, 9.17) is 0 Å². The molecule has 0 saturated heterocycles. The summed E-state index contributed by atoms with van der Waals surface area (Å²) in [4.78, 5) is 24.3. The smallest absolute Gasteiger partial charge is 0.166 e. The van der Waals surface area contributed by atoms with Crippen molar-refractivity contribution in [3.05, 3.63) is 71.3 Å². The Kier molecular flexibility index (Phi) is 4.19. The molecule has 0 aliphatic heterocycles. The van der Waals surface area contributed by atoms with Crippen molar-refractivity contribution in [2.75, 3.05) is 0 Å². The highest BCUT2D eigenvalue weighted by molar-refractivity contribution is 6.01. The molecule has 0 heterocycles. The summed E-state index contributed by atoms with van der Waals surface area (Å²) in [6, 6.07) is 17.8. The zero-order chi connectivity index (χ0) is 15.5. The number of hydrogen-bond donors (Lipinski definition) is 0. The van der Waals surface area contributed by atoms with E-state index in [1.54, 1.807) is 0 Å². The summed E-state index contributed by atoms with van der Waals surface area (Å²) in [6.07, 6.45) is 2.69. The zero-order valence-corrected chi connectivity index (χ0v) is 12.7. The van der Waals surface area contributed by atoms with E-state index in [9.17, 15) is 9.59 Å². The van der Waals surface area contributed by atoms with E-state index in [-0.39, 0.29) is 23.5 Å². The van der Waals surface area contributed by atoms with E-state index < -0.39 is 0 Å². The number of aryl methyl sites for hydroxylation is 1. The van der Waals surface area contributed by atoms with Crippen molar-refractivity contribution in [3.63, 3.8) is 0 Å². The van der Waals surface area contributed by atoms with Gasteiger partial charge in [0.1, 0.15) is 6.29 Å². The van der Waals surface area contributed by atoms with Gasteiger partial charge >= 0.3 is 0 Å². The van der Waals surface area contributed by atoms with Gasteiger partial charge in [0.05, 0.1) is 0 Å².